The number of carbonyl (C=O) groups excluding carboxylic acids is 2. The van der Waals surface area contributed by atoms with Gasteiger partial charge in [-0.15, -0.1) is 0 Å². The first-order valence-electron chi connectivity index (χ1n) is 7.50. The van der Waals surface area contributed by atoms with Gasteiger partial charge in [-0.2, -0.15) is 5.26 Å². The quantitative estimate of drug-likeness (QED) is 0.800. The number of benzene rings is 1. The minimum Gasteiger partial charge on any atom is -0.453 e. The van der Waals surface area contributed by atoms with Crippen molar-refractivity contribution in [3.8, 4) is 6.07 Å². The third-order valence-corrected chi connectivity index (χ3v) is 5.60. The predicted octanol–water partition coefficient (Wildman–Crippen LogP) is 1.25. The van der Waals surface area contributed by atoms with E-state index in [0.29, 0.717) is 17.7 Å². The summed E-state index contributed by atoms with van der Waals surface area (Å²) in [6.45, 7) is 1.42. The zero-order valence-corrected chi connectivity index (χ0v) is 14.0. The number of para-hydroxylation sites is 1. The van der Waals surface area contributed by atoms with Gasteiger partial charge in [0.15, 0.2) is 15.9 Å². The average Bonchev–Trinajstić information content (AvgIpc) is 2.86. The Morgan fingerprint density at radius 1 is 1.42 bits per heavy atom. The molecule has 1 aliphatic heterocycles. The van der Waals surface area contributed by atoms with Gasteiger partial charge in [0.2, 0.25) is 0 Å². The lowest BCUT2D eigenvalue weighted by Gasteiger charge is -2.15. The number of hydrogen-bond acceptors (Lipinski definition) is 6. The van der Waals surface area contributed by atoms with Crippen LogP contribution in [0.4, 0.5) is 5.69 Å². The molecule has 0 unspecified atom stereocenters. The summed E-state index contributed by atoms with van der Waals surface area (Å²) in [6.07, 6.45) is -0.624. The van der Waals surface area contributed by atoms with E-state index in [1.807, 2.05) is 6.07 Å². The van der Waals surface area contributed by atoms with Crippen molar-refractivity contribution in [2.45, 2.75) is 25.9 Å². The SMILES string of the molecule is C[C@H](OC(=O)C[C@H]1CCS(=O)(=O)C1)C(=O)Nc1ccccc1C#N. The molecule has 128 valence electrons. The third kappa shape index (κ3) is 4.80. The Morgan fingerprint density at radius 3 is 2.75 bits per heavy atom. The maximum atomic E-state index is 12.1. The molecule has 0 bridgehead atoms. The van der Waals surface area contributed by atoms with Crippen molar-refractivity contribution >= 4 is 27.4 Å². The molecule has 1 heterocycles. The number of nitrogens with zero attached hydrogens (tertiary/aromatic N) is 1. The van der Waals surface area contributed by atoms with Crippen LogP contribution in [0.25, 0.3) is 0 Å². The normalized spacial score (nSPS) is 19.9. The van der Waals surface area contributed by atoms with Crippen LogP contribution >= 0.6 is 0 Å². The molecule has 1 fully saturated rings. The summed E-state index contributed by atoms with van der Waals surface area (Å²) in [6, 6.07) is 8.45. The van der Waals surface area contributed by atoms with E-state index < -0.39 is 27.8 Å². The largest absolute Gasteiger partial charge is 0.453 e. The van der Waals surface area contributed by atoms with E-state index in [1.54, 1.807) is 24.3 Å². The van der Waals surface area contributed by atoms with Gasteiger partial charge in [-0.3, -0.25) is 9.59 Å². The van der Waals surface area contributed by atoms with Crippen LogP contribution in [0.1, 0.15) is 25.3 Å². The molecular formula is C16H18N2O5S. The van der Waals surface area contributed by atoms with Crippen molar-refractivity contribution in [1.29, 1.82) is 5.26 Å². The Kier molecular flexibility index (Phi) is 5.57. The first-order chi connectivity index (χ1) is 11.3. The van der Waals surface area contributed by atoms with Crippen molar-refractivity contribution in [1.82, 2.24) is 0 Å². The highest BCUT2D eigenvalue weighted by Gasteiger charge is 2.30. The molecule has 1 N–H and O–H groups in total. The Bertz CT molecular complexity index is 782. The number of nitrogens with one attached hydrogen (secondary N) is 1. The van der Waals surface area contributed by atoms with Crippen LogP contribution in [0.3, 0.4) is 0 Å². The second-order valence-corrected chi connectivity index (χ2v) is 7.98. The predicted molar refractivity (Wildman–Crippen MR) is 86.7 cm³/mol. The van der Waals surface area contributed by atoms with Gasteiger partial charge < -0.3 is 10.1 Å². The number of ether oxygens (including phenoxy) is 1. The fourth-order valence-electron chi connectivity index (χ4n) is 2.49. The molecule has 2 atom stereocenters. The maximum absolute atomic E-state index is 12.1. The van der Waals surface area contributed by atoms with E-state index in [1.165, 1.54) is 6.92 Å². The smallest absolute Gasteiger partial charge is 0.306 e. The van der Waals surface area contributed by atoms with E-state index in [9.17, 15) is 18.0 Å². The Morgan fingerprint density at radius 2 is 2.12 bits per heavy atom. The fourth-order valence-corrected chi connectivity index (χ4v) is 4.35. The molecule has 2 rings (SSSR count). The van der Waals surface area contributed by atoms with E-state index in [4.69, 9.17) is 10.00 Å². The van der Waals surface area contributed by atoms with Gasteiger partial charge in [0, 0.05) is 6.42 Å². The van der Waals surface area contributed by atoms with Crippen LogP contribution in [0.15, 0.2) is 24.3 Å². The van der Waals surface area contributed by atoms with Crippen molar-refractivity contribution < 1.29 is 22.7 Å². The number of carbonyl (C=O) groups is 2. The lowest BCUT2D eigenvalue weighted by atomic mass is 10.1. The Balaban J connectivity index is 1.87. The summed E-state index contributed by atoms with van der Waals surface area (Å²) in [7, 11) is -3.05. The van der Waals surface area contributed by atoms with Gasteiger partial charge in [-0.25, -0.2) is 8.42 Å². The van der Waals surface area contributed by atoms with E-state index in [2.05, 4.69) is 5.32 Å². The van der Waals surface area contributed by atoms with Crippen LogP contribution in [-0.2, 0) is 24.2 Å². The molecule has 7 nitrogen and oxygen atoms in total. The van der Waals surface area contributed by atoms with E-state index >= 15 is 0 Å². The monoisotopic (exact) mass is 350 g/mol. The van der Waals surface area contributed by atoms with Crippen LogP contribution in [0.2, 0.25) is 0 Å². The second kappa shape index (κ2) is 7.45. The van der Waals surface area contributed by atoms with E-state index in [-0.39, 0.29) is 23.8 Å². The molecule has 1 aromatic carbocycles. The number of hydrogen-bond donors (Lipinski definition) is 1. The van der Waals surface area contributed by atoms with E-state index in [0.717, 1.165) is 0 Å². The summed E-state index contributed by atoms with van der Waals surface area (Å²) in [5, 5.41) is 11.5. The number of esters is 1. The number of amides is 1. The average molecular weight is 350 g/mol. The summed E-state index contributed by atoms with van der Waals surface area (Å²) < 4.78 is 27.8. The van der Waals surface area contributed by atoms with Gasteiger partial charge in [0.05, 0.1) is 22.8 Å². The Labute approximate surface area is 140 Å². The molecule has 0 saturated carbocycles. The molecule has 1 aliphatic rings. The minimum absolute atomic E-state index is 0.0157. The molecule has 0 radical (unpaired) electrons. The van der Waals surface area contributed by atoms with Gasteiger partial charge >= 0.3 is 5.97 Å². The molecule has 24 heavy (non-hydrogen) atoms. The third-order valence-electron chi connectivity index (χ3n) is 3.76. The highest BCUT2D eigenvalue weighted by atomic mass is 32.2. The standard InChI is InChI=1S/C16H18N2O5S/c1-11(16(20)18-14-5-3-2-4-13(14)9-17)23-15(19)8-12-6-7-24(21,22)10-12/h2-5,11-12H,6-8,10H2,1H3,(H,18,20)/t11-,12+/m0/s1. The zero-order chi connectivity index (χ0) is 17.7. The van der Waals surface area contributed by atoms with Gasteiger partial charge in [-0.05, 0) is 31.4 Å². The lowest BCUT2D eigenvalue weighted by Crippen LogP contribution is -2.30. The highest BCUT2D eigenvalue weighted by Crippen LogP contribution is 2.22. The van der Waals surface area contributed by atoms with Gasteiger partial charge in [0.1, 0.15) is 6.07 Å². The van der Waals surface area contributed by atoms with Crippen LogP contribution in [0, 0.1) is 17.2 Å². The molecule has 8 heteroatoms. The number of sulfone groups is 1. The van der Waals surface area contributed by atoms with Crippen molar-refractivity contribution in [2.24, 2.45) is 5.92 Å². The van der Waals surface area contributed by atoms with Gasteiger partial charge in [-0.1, -0.05) is 12.1 Å². The molecule has 1 amide bonds. The summed E-state index contributed by atoms with van der Waals surface area (Å²) in [5.74, 6) is -1.33. The summed E-state index contributed by atoms with van der Waals surface area (Å²) >= 11 is 0. The lowest BCUT2D eigenvalue weighted by molar-refractivity contribution is -0.153. The topological polar surface area (TPSA) is 113 Å². The maximum Gasteiger partial charge on any atom is 0.306 e. The number of anilines is 1. The summed E-state index contributed by atoms with van der Waals surface area (Å²) in [5.41, 5.74) is 0.648. The Hall–Kier alpha value is -2.40. The second-order valence-electron chi connectivity index (χ2n) is 5.75. The summed E-state index contributed by atoms with van der Waals surface area (Å²) in [4.78, 5) is 23.9. The first-order valence-corrected chi connectivity index (χ1v) is 9.33. The number of nitriles is 1. The van der Waals surface area contributed by atoms with Crippen LogP contribution in [0.5, 0.6) is 0 Å². The van der Waals surface area contributed by atoms with Crippen molar-refractivity contribution in [2.75, 3.05) is 16.8 Å². The molecule has 0 aromatic heterocycles. The molecule has 1 aromatic rings. The highest BCUT2D eigenvalue weighted by molar-refractivity contribution is 7.91. The molecule has 0 spiro atoms. The molecule has 0 aliphatic carbocycles. The minimum atomic E-state index is -3.05. The molecular weight excluding hydrogens is 332 g/mol. The van der Waals surface area contributed by atoms with Crippen LogP contribution in [-0.4, -0.2) is 37.9 Å². The molecule has 1 saturated heterocycles. The van der Waals surface area contributed by atoms with Crippen molar-refractivity contribution in [3.05, 3.63) is 29.8 Å². The van der Waals surface area contributed by atoms with Crippen molar-refractivity contribution in [3.63, 3.8) is 0 Å². The fraction of sp³-hybridized carbons (Fsp3) is 0.438. The van der Waals surface area contributed by atoms with Gasteiger partial charge in [0.25, 0.3) is 5.91 Å². The first kappa shape index (κ1) is 17.9. The number of rotatable bonds is 5. The van der Waals surface area contributed by atoms with Crippen LogP contribution < -0.4 is 5.32 Å². The zero-order valence-electron chi connectivity index (χ0n) is 13.2.